The van der Waals surface area contributed by atoms with E-state index in [4.69, 9.17) is 15.3 Å². The van der Waals surface area contributed by atoms with Crippen molar-refractivity contribution in [3.63, 3.8) is 0 Å². The standard InChI is InChI=1S/C17H15N5O/c1-23-15-8-6-13(7-9-15)12-20-16-4-2-3-5-17(16)22-21-14(10-18)11-19/h2-9,20,22H,12H2,1H3. The van der Waals surface area contributed by atoms with Gasteiger partial charge in [-0.25, -0.2) is 0 Å². The van der Waals surface area contributed by atoms with E-state index in [2.05, 4.69) is 15.8 Å². The van der Waals surface area contributed by atoms with Crippen molar-refractivity contribution in [3.8, 4) is 17.9 Å². The van der Waals surface area contributed by atoms with E-state index < -0.39 is 0 Å². The third-order valence-corrected chi connectivity index (χ3v) is 3.07. The molecule has 0 aromatic heterocycles. The summed E-state index contributed by atoms with van der Waals surface area (Å²) in [6.45, 7) is 0.621. The average Bonchev–Trinajstić information content (AvgIpc) is 2.62. The third-order valence-electron chi connectivity index (χ3n) is 3.07. The number of hydrogen-bond donors (Lipinski definition) is 2. The molecule has 0 radical (unpaired) electrons. The molecule has 23 heavy (non-hydrogen) atoms. The molecule has 0 saturated heterocycles. The Morgan fingerprint density at radius 2 is 1.70 bits per heavy atom. The van der Waals surface area contributed by atoms with Gasteiger partial charge in [0.05, 0.1) is 18.5 Å². The Morgan fingerprint density at radius 1 is 1.04 bits per heavy atom. The van der Waals surface area contributed by atoms with Crippen LogP contribution in [-0.2, 0) is 6.54 Å². The highest BCUT2D eigenvalue weighted by Gasteiger charge is 2.02. The minimum absolute atomic E-state index is 0.227. The maximum absolute atomic E-state index is 8.70. The number of anilines is 2. The van der Waals surface area contributed by atoms with Gasteiger partial charge in [-0.2, -0.15) is 15.6 Å². The van der Waals surface area contributed by atoms with Crippen LogP contribution in [-0.4, -0.2) is 12.8 Å². The monoisotopic (exact) mass is 305 g/mol. The number of rotatable bonds is 6. The maximum atomic E-state index is 8.70. The summed E-state index contributed by atoms with van der Waals surface area (Å²) in [5.74, 6) is 0.811. The van der Waals surface area contributed by atoms with Gasteiger partial charge in [0.25, 0.3) is 0 Å². The molecule has 0 aliphatic rings. The van der Waals surface area contributed by atoms with Crippen LogP contribution >= 0.6 is 0 Å². The molecule has 2 rings (SSSR count). The van der Waals surface area contributed by atoms with Gasteiger partial charge in [-0.3, -0.25) is 5.43 Å². The van der Waals surface area contributed by atoms with Gasteiger partial charge in [-0.1, -0.05) is 24.3 Å². The van der Waals surface area contributed by atoms with E-state index in [1.54, 1.807) is 19.2 Å². The van der Waals surface area contributed by atoms with E-state index in [9.17, 15) is 0 Å². The van der Waals surface area contributed by atoms with Gasteiger partial charge in [0.1, 0.15) is 17.9 Å². The number of nitriles is 2. The molecule has 0 atom stereocenters. The molecule has 0 amide bonds. The molecule has 114 valence electrons. The van der Waals surface area contributed by atoms with Crippen LogP contribution in [0.4, 0.5) is 11.4 Å². The molecular formula is C17H15N5O. The number of para-hydroxylation sites is 2. The minimum atomic E-state index is -0.227. The van der Waals surface area contributed by atoms with E-state index in [0.717, 1.165) is 17.0 Å². The zero-order chi connectivity index (χ0) is 16.5. The first-order chi connectivity index (χ1) is 11.3. The molecular weight excluding hydrogens is 290 g/mol. The molecule has 2 aromatic rings. The Morgan fingerprint density at radius 3 is 2.30 bits per heavy atom. The fraction of sp³-hybridized carbons (Fsp3) is 0.118. The number of methoxy groups -OCH3 is 1. The second kappa shape index (κ2) is 8.06. The van der Waals surface area contributed by atoms with Crippen LogP contribution in [0, 0.1) is 22.7 Å². The van der Waals surface area contributed by atoms with Crippen molar-refractivity contribution >= 4 is 17.1 Å². The summed E-state index contributed by atoms with van der Waals surface area (Å²) in [6, 6.07) is 18.6. The molecule has 0 unspecified atom stereocenters. The Bertz CT molecular complexity index is 753. The zero-order valence-corrected chi connectivity index (χ0v) is 12.6. The Balaban J connectivity index is 2.07. The maximum Gasteiger partial charge on any atom is 0.237 e. The second-order valence-corrected chi connectivity index (χ2v) is 4.54. The minimum Gasteiger partial charge on any atom is -0.497 e. The summed E-state index contributed by atoms with van der Waals surface area (Å²) >= 11 is 0. The van der Waals surface area contributed by atoms with Crippen molar-refractivity contribution < 1.29 is 4.74 Å². The van der Waals surface area contributed by atoms with Crippen LogP contribution in [0.15, 0.2) is 53.6 Å². The van der Waals surface area contributed by atoms with Crippen molar-refractivity contribution in [1.82, 2.24) is 0 Å². The van der Waals surface area contributed by atoms with Crippen LogP contribution in [0.5, 0.6) is 5.75 Å². The van der Waals surface area contributed by atoms with Gasteiger partial charge in [0, 0.05) is 6.54 Å². The molecule has 0 bridgehead atoms. The SMILES string of the molecule is COc1ccc(CNc2ccccc2NN=C(C#N)C#N)cc1. The number of ether oxygens (including phenoxy) is 1. The van der Waals surface area contributed by atoms with Crippen LogP contribution < -0.4 is 15.5 Å². The smallest absolute Gasteiger partial charge is 0.237 e. The summed E-state index contributed by atoms with van der Waals surface area (Å²) in [7, 11) is 1.63. The van der Waals surface area contributed by atoms with Gasteiger partial charge in [-0.05, 0) is 29.8 Å². The molecule has 6 heteroatoms. The first kappa shape index (κ1) is 15.9. The normalized spacial score (nSPS) is 9.17. The largest absolute Gasteiger partial charge is 0.497 e. The van der Waals surface area contributed by atoms with E-state index in [1.165, 1.54) is 0 Å². The van der Waals surface area contributed by atoms with Gasteiger partial charge in [0.2, 0.25) is 5.71 Å². The first-order valence-electron chi connectivity index (χ1n) is 6.86. The fourth-order valence-corrected chi connectivity index (χ4v) is 1.87. The topological polar surface area (TPSA) is 93.2 Å². The lowest BCUT2D eigenvalue weighted by Crippen LogP contribution is -2.03. The summed E-state index contributed by atoms with van der Waals surface area (Å²) in [5, 5.41) is 24.4. The Kier molecular flexibility index (Phi) is 5.56. The van der Waals surface area contributed by atoms with Gasteiger partial charge in [-0.15, -0.1) is 0 Å². The predicted molar refractivity (Wildman–Crippen MR) is 89.0 cm³/mol. The van der Waals surface area contributed by atoms with Gasteiger partial charge >= 0.3 is 0 Å². The molecule has 0 saturated carbocycles. The number of hydrazone groups is 1. The van der Waals surface area contributed by atoms with Crippen LogP contribution in [0.25, 0.3) is 0 Å². The summed E-state index contributed by atoms with van der Waals surface area (Å²) < 4.78 is 5.13. The van der Waals surface area contributed by atoms with E-state index in [1.807, 2.05) is 48.5 Å². The zero-order valence-electron chi connectivity index (χ0n) is 12.6. The van der Waals surface area contributed by atoms with E-state index >= 15 is 0 Å². The van der Waals surface area contributed by atoms with E-state index in [-0.39, 0.29) is 5.71 Å². The lowest BCUT2D eigenvalue weighted by molar-refractivity contribution is 0.414. The highest BCUT2D eigenvalue weighted by Crippen LogP contribution is 2.22. The second-order valence-electron chi connectivity index (χ2n) is 4.54. The highest BCUT2D eigenvalue weighted by atomic mass is 16.5. The van der Waals surface area contributed by atoms with Gasteiger partial charge < -0.3 is 10.1 Å². The quantitative estimate of drug-likeness (QED) is 0.631. The van der Waals surface area contributed by atoms with Crippen LogP contribution in [0.3, 0.4) is 0 Å². The molecule has 0 fully saturated rings. The third kappa shape index (κ3) is 4.48. The highest BCUT2D eigenvalue weighted by molar-refractivity contribution is 6.10. The summed E-state index contributed by atoms with van der Waals surface area (Å²) in [4.78, 5) is 0. The molecule has 2 N–H and O–H groups in total. The van der Waals surface area contributed by atoms with Crippen molar-refractivity contribution in [3.05, 3.63) is 54.1 Å². The number of hydrogen-bond acceptors (Lipinski definition) is 6. The predicted octanol–water partition coefficient (Wildman–Crippen LogP) is 3.12. The lowest BCUT2D eigenvalue weighted by Gasteiger charge is -2.11. The Labute approximate surface area is 134 Å². The van der Waals surface area contributed by atoms with Crippen LogP contribution in [0.1, 0.15) is 5.56 Å². The van der Waals surface area contributed by atoms with Crippen LogP contribution in [0.2, 0.25) is 0 Å². The van der Waals surface area contributed by atoms with Crippen molar-refractivity contribution in [2.24, 2.45) is 5.10 Å². The van der Waals surface area contributed by atoms with Gasteiger partial charge in [0.15, 0.2) is 0 Å². The number of benzene rings is 2. The first-order valence-corrected chi connectivity index (χ1v) is 6.86. The molecule has 0 spiro atoms. The average molecular weight is 305 g/mol. The molecule has 0 aliphatic carbocycles. The Hall–Kier alpha value is -3.51. The molecule has 0 heterocycles. The van der Waals surface area contributed by atoms with Crippen molar-refractivity contribution in [1.29, 1.82) is 10.5 Å². The summed E-state index contributed by atoms with van der Waals surface area (Å²) in [6.07, 6.45) is 0. The number of nitrogens with one attached hydrogen (secondary N) is 2. The molecule has 0 aliphatic heterocycles. The summed E-state index contributed by atoms with van der Waals surface area (Å²) in [5.41, 5.74) is 5.11. The fourth-order valence-electron chi connectivity index (χ4n) is 1.87. The van der Waals surface area contributed by atoms with Crippen molar-refractivity contribution in [2.45, 2.75) is 6.54 Å². The lowest BCUT2D eigenvalue weighted by atomic mass is 10.2. The molecule has 6 nitrogen and oxygen atoms in total. The molecule has 2 aromatic carbocycles. The number of nitrogens with zero attached hydrogens (tertiary/aromatic N) is 3. The van der Waals surface area contributed by atoms with E-state index in [0.29, 0.717) is 12.2 Å². The van der Waals surface area contributed by atoms with Crippen molar-refractivity contribution in [2.75, 3.05) is 17.9 Å².